The van der Waals surface area contributed by atoms with E-state index < -0.39 is 0 Å². The molecule has 0 radical (unpaired) electrons. The van der Waals surface area contributed by atoms with Crippen molar-refractivity contribution in [2.45, 2.75) is 19.8 Å². The summed E-state index contributed by atoms with van der Waals surface area (Å²) in [5.74, 6) is 2.42. The predicted octanol–water partition coefficient (Wildman–Crippen LogP) is 5.43. The van der Waals surface area contributed by atoms with Crippen LogP contribution in [0, 0.1) is 12.3 Å². The van der Waals surface area contributed by atoms with Gasteiger partial charge < -0.3 is 4.90 Å². The van der Waals surface area contributed by atoms with Gasteiger partial charge in [0.25, 0.3) is 0 Å². The van der Waals surface area contributed by atoms with E-state index in [1.54, 1.807) is 6.08 Å². The number of nitrogens with zero attached hydrogens (tertiary/aromatic N) is 1. The van der Waals surface area contributed by atoms with Gasteiger partial charge in [-0.05, 0) is 36.8 Å². The molecular weight excluding hydrogens is 254 g/mol. The summed E-state index contributed by atoms with van der Waals surface area (Å²) in [4.78, 5) is 2.17. The first-order valence-electron chi connectivity index (χ1n) is 7.24. The number of unbranched alkanes of at least 4 members (excludes halogenated alkanes) is 1. The van der Waals surface area contributed by atoms with Crippen molar-refractivity contribution in [1.29, 1.82) is 0 Å². The number of anilines is 2. The summed E-state index contributed by atoms with van der Waals surface area (Å²) in [5, 5.41) is 0. The summed E-state index contributed by atoms with van der Waals surface area (Å²) in [5.41, 5.74) is 2.41. The van der Waals surface area contributed by atoms with E-state index in [9.17, 15) is 0 Å². The number of rotatable bonds is 4. The van der Waals surface area contributed by atoms with Crippen molar-refractivity contribution < 1.29 is 0 Å². The Morgan fingerprint density at radius 1 is 0.952 bits per heavy atom. The van der Waals surface area contributed by atoms with E-state index in [0.717, 1.165) is 6.42 Å². The molecule has 0 aliphatic heterocycles. The topological polar surface area (TPSA) is 3.24 Å². The Kier molecular flexibility index (Phi) is 8.17. The van der Waals surface area contributed by atoms with Gasteiger partial charge in [0.15, 0.2) is 0 Å². The molecule has 0 saturated heterocycles. The zero-order chi connectivity index (χ0) is 15.3. The fraction of sp³-hybridized carbons (Fsp3) is 0.200. The second-order valence-corrected chi connectivity index (χ2v) is 4.59. The van der Waals surface area contributed by atoms with Crippen LogP contribution in [0.5, 0.6) is 0 Å². The van der Waals surface area contributed by atoms with E-state index in [-0.39, 0.29) is 0 Å². The van der Waals surface area contributed by atoms with Crippen LogP contribution in [0.2, 0.25) is 0 Å². The van der Waals surface area contributed by atoms with Crippen molar-refractivity contribution in [3.8, 4) is 12.3 Å². The van der Waals surface area contributed by atoms with Crippen LogP contribution < -0.4 is 4.90 Å². The molecule has 21 heavy (non-hydrogen) atoms. The standard InChI is InChI=1S/C13H13N.C7H10/c1-14(12-8-4-2-5-9-12)13-10-6-3-7-11-13;1-3-5-7-6-4-2/h2-11H,1H3;1,5,7H,4,6H2,2H3/b;7-5-. The van der Waals surface area contributed by atoms with Crippen LogP contribution in [0.4, 0.5) is 11.4 Å². The Hall–Kier alpha value is -2.46. The van der Waals surface area contributed by atoms with Crippen molar-refractivity contribution in [1.82, 2.24) is 0 Å². The summed E-state index contributed by atoms with van der Waals surface area (Å²) in [7, 11) is 2.07. The Bertz CT molecular complexity index is 510. The Morgan fingerprint density at radius 2 is 1.43 bits per heavy atom. The molecule has 0 fully saturated rings. The zero-order valence-corrected chi connectivity index (χ0v) is 12.9. The van der Waals surface area contributed by atoms with Gasteiger partial charge in [0.2, 0.25) is 0 Å². The highest BCUT2D eigenvalue weighted by atomic mass is 15.1. The maximum atomic E-state index is 4.93. The smallest absolute Gasteiger partial charge is 0.0408 e. The van der Waals surface area contributed by atoms with Crippen LogP contribution in [0.25, 0.3) is 0 Å². The second kappa shape index (κ2) is 10.3. The third-order valence-corrected chi connectivity index (χ3v) is 2.96. The quantitative estimate of drug-likeness (QED) is 0.673. The van der Waals surface area contributed by atoms with Gasteiger partial charge in [-0.3, -0.25) is 0 Å². The average Bonchev–Trinajstić information content (AvgIpc) is 2.57. The normalized spacial score (nSPS) is 9.57. The largest absolute Gasteiger partial charge is 0.345 e. The molecule has 0 aliphatic rings. The number of benzene rings is 2. The van der Waals surface area contributed by atoms with Gasteiger partial charge in [-0.25, -0.2) is 0 Å². The SMILES string of the molecule is C#C/C=C\CCC.CN(c1ccccc1)c1ccccc1. The fourth-order valence-corrected chi connectivity index (χ4v) is 1.77. The fourth-order valence-electron chi connectivity index (χ4n) is 1.77. The molecule has 2 aromatic carbocycles. The molecule has 0 atom stereocenters. The maximum Gasteiger partial charge on any atom is 0.0408 e. The lowest BCUT2D eigenvalue weighted by Crippen LogP contribution is -2.08. The molecule has 0 N–H and O–H groups in total. The zero-order valence-electron chi connectivity index (χ0n) is 12.9. The molecule has 0 saturated carbocycles. The second-order valence-electron chi connectivity index (χ2n) is 4.59. The molecule has 0 amide bonds. The van der Waals surface area contributed by atoms with E-state index in [1.165, 1.54) is 17.8 Å². The number of hydrogen-bond donors (Lipinski definition) is 0. The molecule has 0 aliphatic carbocycles. The van der Waals surface area contributed by atoms with Gasteiger partial charge in [0.1, 0.15) is 0 Å². The third-order valence-electron chi connectivity index (χ3n) is 2.96. The molecule has 0 aromatic heterocycles. The molecule has 0 unspecified atom stereocenters. The molecule has 2 rings (SSSR count). The molecule has 0 bridgehead atoms. The Balaban J connectivity index is 0.000000270. The first kappa shape index (κ1) is 16.6. The number of para-hydroxylation sites is 2. The number of hydrogen-bond acceptors (Lipinski definition) is 1. The molecular formula is C20H23N. The van der Waals surface area contributed by atoms with Crippen LogP contribution in [0.15, 0.2) is 72.8 Å². The highest BCUT2D eigenvalue weighted by Gasteiger charge is 2.00. The highest BCUT2D eigenvalue weighted by Crippen LogP contribution is 2.21. The van der Waals surface area contributed by atoms with Crippen molar-refractivity contribution in [2.24, 2.45) is 0 Å². The van der Waals surface area contributed by atoms with Crippen LogP contribution in [-0.4, -0.2) is 7.05 Å². The summed E-state index contributed by atoms with van der Waals surface area (Å²) in [6.07, 6.45) is 11.0. The van der Waals surface area contributed by atoms with Crippen molar-refractivity contribution in [3.05, 3.63) is 72.8 Å². The minimum Gasteiger partial charge on any atom is -0.345 e. The molecule has 1 heteroatoms. The first-order valence-corrected chi connectivity index (χ1v) is 7.24. The average molecular weight is 277 g/mol. The van der Waals surface area contributed by atoms with E-state index in [4.69, 9.17) is 6.42 Å². The van der Waals surface area contributed by atoms with E-state index in [2.05, 4.69) is 73.3 Å². The van der Waals surface area contributed by atoms with Gasteiger partial charge in [0.05, 0.1) is 0 Å². The van der Waals surface area contributed by atoms with Gasteiger partial charge in [-0.1, -0.05) is 61.7 Å². The molecule has 0 spiro atoms. The maximum absolute atomic E-state index is 4.93. The van der Waals surface area contributed by atoms with Crippen molar-refractivity contribution >= 4 is 11.4 Å². The highest BCUT2D eigenvalue weighted by molar-refractivity contribution is 5.61. The van der Waals surface area contributed by atoms with Crippen LogP contribution in [0.3, 0.4) is 0 Å². The first-order chi connectivity index (χ1) is 10.3. The molecule has 108 valence electrons. The van der Waals surface area contributed by atoms with Gasteiger partial charge in [-0.2, -0.15) is 0 Å². The van der Waals surface area contributed by atoms with E-state index in [0.29, 0.717) is 0 Å². The summed E-state index contributed by atoms with van der Waals surface area (Å²) < 4.78 is 0. The summed E-state index contributed by atoms with van der Waals surface area (Å²) in [6, 6.07) is 20.7. The minimum absolute atomic E-state index is 1.10. The Labute approximate surface area is 128 Å². The van der Waals surface area contributed by atoms with Gasteiger partial charge in [-0.15, -0.1) is 6.42 Å². The Morgan fingerprint density at radius 3 is 1.81 bits per heavy atom. The molecule has 0 heterocycles. The van der Waals surface area contributed by atoms with E-state index >= 15 is 0 Å². The van der Waals surface area contributed by atoms with Gasteiger partial charge >= 0.3 is 0 Å². The minimum atomic E-state index is 1.10. The monoisotopic (exact) mass is 277 g/mol. The lowest BCUT2D eigenvalue weighted by Gasteiger charge is -2.18. The van der Waals surface area contributed by atoms with Gasteiger partial charge in [0, 0.05) is 18.4 Å². The van der Waals surface area contributed by atoms with E-state index in [1.807, 2.05) is 18.2 Å². The summed E-state index contributed by atoms with van der Waals surface area (Å²) >= 11 is 0. The number of allylic oxidation sites excluding steroid dienone is 2. The lowest BCUT2D eigenvalue weighted by molar-refractivity contribution is 0.959. The van der Waals surface area contributed by atoms with Crippen molar-refractivity contribution in [2.75, 3.05) is 11.9 Å². The third kappa shape index (κ3) is 6.49. The van der Waals surface area contributed by atoms with Crippen LogP contribution in [0.1, 0.15) is 19.8 Å². The van der Waals surface area contributed by atoms with Crippen LogP contribution >= 0.6 is 0 Å². The summed E-state index contributed by atoms with van der Waals surface area (Å²) in [6.45, 7) is 2.13. The molecule has 1 nitrogen and oxygen atoms in total. The molecule has 2 aromatic rings. The predicted molar refractivity (Wildman–Crippen MR) is 93.8 cm³/mol. The van der Waals surface area contributed by atoms with Crippen molar-refractivity contribution in [3.63, 3.8) is 0 Å². The lowest BCUT2D eigenvalue weighted by atomic mass is 10.2. The van der Waals surface area contributed by atoms with Crippen LogP contribution in [-0.2, 0) is 0 Å². The number of terminal acetylenes is 1.